The second kappa shape index (κ2) is 12.1. The van der Waals surface area contributed by atoms with Crippen molar-refractivity contribution >= 4 is 9.64 Å². The largest absolute Gasteiger partial charge is 0.256 e. The zero-order valence-corrected chi connectivity index (χ0v) is 17.3. The number of pyridine rings is 2. The third kappa shape index (κ3) is 6.52. The minimum atomic E-state index is 1.03. The van der Waals surface area contributed by atoms with E-state index >= 15 is 0 Å². The summed E-state index contributed by atoms with van der Waals surface area (Å²) in [5.74, 6) is 0. The smallest absolute Gasteiger partial charge is 0.0701 e. The van der Waals surface area contributed by atoms with E-state index in [1.807, 2.05) is 85.2 Å². The SMILES string of the molecule is [Cl][Os].c1ccc(-c2ccccn2)cc1.c1ccc(-c2ccccn2)cc1. The minimum absolute atomic E-state index is 1.03. The molecule has 0 amide bonds. The van der Waals surface area contributed by atoms with Crippen molar-refractivity contribution in [1.29, 1.82) is 0 Å². The molecule has 0 unspecified atom stereocenters. The van der Waals surface area contributed by atoms with Gasteiger partial charge in [0.25, 0.3) is 0 Å². The Labute approximate surface area is 168 Å². The van der Waals surface area contributed by atoms with Crippen molar-refractivity contribution in [3.8, 4) is 22.5 Å². The molecule has 2 aromatic heterocycles. The van der Waals surface area contributed by atoms with E-state index < -0.39 is 0 Å². The van der Waals surface area contributed by atoms with Crippen LogP contribution >= 0.6 is 9.64 Å². The van der Waals surface area contributed by atoms with Crippen LogP contribution in [0.2, 0.25) is 0 Å². The maximum Gasteiger partial charge on any atom is 0.0701 e. The fourth-order valence-corrected chi connectivity index (χ4v) is 2.28. The number of hydrogen-bond acceptors (Lipinski definition) is 2. The van der Waals surface area contributed by atoms with Gasteiger partial charge in [-0.3, -0.25) is 9.97 Å². The van der Waals surface area contributed by atoms with Crippen LogP contribution in [0.3, 0.4) is 0 Å². The summed E-state index contributed by atoms with van der Waals surface area (Å²) in [4.78, 5) is 8.50. The first-order chi connectivity index (χ1) is 12.9. The summed E-state index contributed by atoms with van der Waals surface area (Å²) in [6, 6.07) is 32.2. The molecule has 0 radical (unpaired) electrons. The molecule has 0 aliphatic rings. The molecule has 2 aromatic carbocycles. The van der Waals surface area contributed by atoms with E-state index in [9.17, 15) is 0 Å². The van der Waals surface area contributed by atoms with E-state index in [0.29, 0.717) is 0 Å². The average Bonchev–Trinajstić information content (AvgIpc) is 2.78. The molecule has 0 bridgehead atoms. The third-order valence-corrected chi connectivity index (χ3v) is 3.47. The molecule has 0 fully saturated rings. The fourth-order valence-electron chi connectivity index (χ4n) is 2.28. The van der Waals surface area contributed by atoms with Crippen molar-refractivity contribution in [2.45, 2.75) is 0 Å². The van der Waals surface area contributed by atoms with Gasteiger partial charge in [-0.2, -0.15) is 0 Å². The number of hydrogen-bond donors (Lipinski definition) is 0. The monoisotopic (exact) mass is 537 g/mol. The standard InChI is InChI=1S/2C11H9N.ClH.Os/c2*1-2-6-10(7-3-1)11-8-4-5-9-12-11;;/h2*1-9H;1H;/q;;;+1/p-1. The Morgan fingerprint density at radius 3 is 1.12 bits per heavy atom. The predicted octanol–water partition coefficient (Wildman–Crippen LogP) is 6.18. The summed E-state index contributed by atoms with van der Waals surface area (Å²) in [5.41, 5.74) is 4.38. The molecule has 26 heavy (non-hydrogen) atoms. The molecular weight excluding hydrogens is 518 g/mol. The second-order valence-electron chi connectivity index (χ2n) is 5.16. The Morgan fingerprint density at radius 1 is 0.462 bits per heavy atom. The van der Waals surface area contributed by atoms with Crippen molar-refractivity contribution in [1.82, 2.24) is 9.97 Å². The third-order valence-electron chi connectivity index (χ3n) is 3.47. The molecule has 4 aromatic rings. The Balaban J connectivity index is 0.000000171. The number of halogens is 1. The Morgan fingerprint density at radius 2 is 0.808 bits per heavy atom. The molecule has 2 nitrogen and oxygen atoms in total. The van der Waals surface area contributed by atoms with Crippen molar-refractivity contribution in [2.75, 3.05) is 0 Å². The molecule has 4 heteroatoms. The van der Waals surface area contributed by atoms with Crippen molar-refractivity contribution in [2.24, 2.45) is 0 Å². The van der Waals surface area contributed by atoms with Gasteiger partial charge < -0.3 is 0 Å². The van der Waals surface area contributed by atoms with E-state index in [2.05, 4.69) is 43.9 Å². The average molecular weight is 536 g/mol. The van der Waals surface area contributed by atoms with Crippen LogP contribution in [0, 0.1) is 0 Å². The Hall–Kier alpha value is -2.33. The minimum Gasteiger partial charge on any atom is -0.256 e. The molecule has 4 rings (SSSR count). The summed E-state index contributed by atoms with van der Waals surface area (Å²) >= 11 is 1.33. The summed E-state index contributed by atoms with van der Waals surface area (Å²) < 4.78 is 0. The fraction of sp³-hybridized carbons (Fsp3) is 0. The normalized spacial score (nSPS) is 9.15. The van der Waals surface area contributed by atoms with Crippen molar-refractivity contribution in [3.63, 3.8) is 0 Å². The van der Waals surface area contributed by atoms with Crippen LogP contribution in [-0.4, -0.2) is 9.97 Å². The van der Waals surface area contributed by atoms with E-state index in [-0.39, 0.29) is 0 Å². The van der Waals surface area contributed by atoms with Crippen LogP contribution in [0.15, 0.2) is 109 Å². The van der Waals surface area contributed by atoms with E-state index in [4.69, 9.17) is 0 Å². The summed E-state index contributed by atoms with van der Waals surface area (Å²) in [6.45, 7) is 0. The van der Waals surface area contributed by atoms with Gasteiger partial charge in [-0.25, -0.2) is 0 Å². The predicted molar refractivity (Wildman–Crippen MR) is 105 cm³/mol. The topological polar surface area (TPSA) is 25.8 Å². The van der Waals surface area contributed by atoms with E-state index in [1.54, 1.807) is 0 Å². The molecule has 0 aliphatic carbocycles. The molecule has 0 spiro atoms. The molecule has 131 valence electrons. The Bertz CT molecular complexity index is 692. The summed E-state index contributed by atoms with van der Waals surface area (Å²) in [7, 11) is 4.67. The zero-order chi connectivity index (χ0) is 18.5. The summed E-state index contributed by atoms with van der Waals surface area (Å²) in [5, 5.41) is 0. The number of nitrogens with zero attached hydrogens (tertiary/aromatic N) is 2. The maximum absolute atomic E-state index is 4.67. The van der Waals surface area contributed by atoms with Gasteiger partial charge in [0.15, 0.2) is 0 Å². The Kier molecular flexibility index (Phi) is 9.29. The number of rotatable bonds is 2. The van der Waals surface area contributed by atoms with Crippen LogP contribution in [0.1, 0.15) is 0 Å². The van der Waals surface area contributed by atoms with Crippen LogP contribution in [0.4, 0.5) is 0 Å². The molecule has 0 saturated heterocycles. The van der Waals surface area contributed by atoms with E-state index in [1.165, 1.54) is 17.6 Å². The van der Waals surface area contributed by atoms with Crippen molar-refractivity contribution in [3.05, 3.63) is 109 Å². The number of benzene rings is 2. The molecular formula is C22H18ClN2Os. The first kappa shape index (κ1) is 20.0. The molecule has 0 aliphatic heterocycles. The van der Waals surface area contributed by atoms with Crippen molar-refractivity contribution < 1.29 is 17.6 Å². The molecule has 0 N–H and O–H groups in total. The van der Waals surface area contributed by atoms with Gasteiger partial charge in [0.05, 0.1) is 11.4 Å². The second-order valence-corrected chi connectivity index (χ2v) is 5.16. The zero-order valence-electron chi connectivity index (χ0n) is 14.0. The van der Waals surface area contributed by atoms with Crippen LogP contribution in [0.5, 0.6) is 0 Å². The number of aromatic nitrogens is 2. The van der Waals surface area contributed by atoms with Gasteiger partial charge in [0.1, 0.15) is 0 Å². The van der Waals surface area contributed by atoms with Gasteiger partial charge in [-0.1, -0.05) is 72.8 Å². The quantitative estimate of drug-likeness (QED) is 0.306. The van der Waals surface area contributed by atoms with Gasteiger partial charge in [0, 0.05) is 23.5 Å². The first-order valence-corrected chi connectivity index (χ1v) is 11.1. The maximum atomic E-state index is 4.67. The first-order valence-electron chi connectivity index (χ1n) is 8.00. The summed E-state index contributed by atoms with van der Waals surface area (Å²) in [6.07, 6.45) is 3.62. The van der Waals surface area contributed by atoms with Gasteiger partial charge in [0.2, 0.25) is 0 Å². The van der Waals surface area contributed by atoms with E-state index in [0.717, 1.165) is 22.5 Å². The van der Waals surface area contributed by atoms with Crippen LogP contribution < -0.4 is 0 Å². The van der Waals surface area contributed by atoms with Crippen LogP contribution in [0.25, 0.3) is 22.5 Å². The molecule has 0 saturated carbocycles. The molecule has 0 atom stereocenters. The van der Waals surface area contributed by atoms with Gasteiger partial charge >= 0.3 is 27.2 Å². The van der Waals surface area contributed by atoms with Gasteiger partial charge in [-0.15, -0.1) is 0 Å². The molecule has 2 heterocycles. The van der Waals surface area contributed by atoms with Crippen LogP contribution in [-0.2, 0) is 17.6 Å². The van der Waals surface area contributed by atoms with Gasteiger partial charge in [-0.05, 0) is 24.3 Å².